The van der Waals surface area contributed by atoms with Gasteiger partial charge in [-0.25, -0.2) is 9.48 Å². The van der Waals surface area contributed by atoms with Crippen LogP contribution in [0.25, 0.3) is 0 Å². The van der Waals surface area contributed by atoms with Crippen molar-refractivity contribution in [1.29, 1.82) is 0 Å². The number of methoxy groups -OCH3 is 1. The summed E-state index contributed by atoms with van der Waals surface area (Å²) in [5.41, 5.74) is -0.758. The molecule has 1 aromatic rings. The molecule has 0 fully saturated rings. The van der Waals surface area contributed by atoms with Crippen molar-refractivity contribution < 1.29 is 14.3 Å². The van der Waals surface area contributed by atoms with Crippen molar-refractivity contribution >= 4 is 5.97 Å². The maximum absolute atomic E-state index is 11.8. The molecule has 100 valence electrons. The van der Waals surface area contributed by atoms with Gasteiger partial charge in [0.1, 0.15) is 5.60 Å². The van der Waals surface area contributed by atoms with Gasteiger partial charge in [-0.3, -0.25) is 4.79 Å². The molecule has 0 aliphatic heterocycles. The van der Waals surface area contributed by atoms with Crippen molar-refractivity contribution in [3.63, 3.8) is 0 Å². The Labute approximate surface area is 106 Å². The molecule has 1 heterocycles. The van der Waals surface area contributed by atoms with E-state index >= 15 is 0 Å². The highest BCUT2D eigenvalue weighted by Crippen LogP contribution is 2.09. The highest BCUT2D eigenvalue weighted by molar-refractivity contribution is 5.87. The maximum atomic E-state index is 11.8. The molecule has 0 saturated carbocycles. The van der Waals surface area contributed by atoms with Crippen molar-refractivity contribution in [2.45, 2.75) is 32.9 Å². The second kappa shape index (κ2) is 5.77. The number of hydrogen-bond acceptors (Lipinski definition) is 5. The molecule has 0 amide bonds. The Bertz CT molecular complexity index is 474. The van der Waals surface area contributed by atoms with Crippen LogP contribution in [0, 0.1) is 0 Å². The van der Waals surface area contributed by atoms with Crippen LogP contribution in [0.2, 0.25) is 0 Å². The average Bonchev–Trinajstić information content (AvgIpc) is 2.25. The molecule has 0 radical (unpaired) electrons. The minimum Gasteiger partial charge on any atom is -0.455 e. The van der Waals surface area contributed by atoms with Gasteiger partial charge in [-0.2, -0.15) is 5.10 Å². The zero-order valence-electron chi connectivity index (χ0n) is 11.1. The summed E-state index contributed by atoms with van der Waals surface area (Å²) >= 11 is 0. The van der Waals surface area contributed by atoms with Crippen LogP contribution in [-0.4, -0.2) is 35.1 Å². The smallest absolute Gasteiger partial charge is 0.359 e. The van der Waals surface area contributed by atoms with E-state index in [1.54, 1.807) is 20.8 Å². The fourth-order valence-corrected chi connectivity index (χ4v) is 1.23. The second-order valence-electron chi connectivity index (χ2n) is 4.77. The lowest BCUT2D eigenvalue weighted by atomic mass is 10.2. The average molecular weight is 254 g/mol. The molecule has 0 aliphatic rings. The van der Waals surface area contributed by atoms with Gasteiger partial charge in [0.2, 0.25) is 0 Å². The van der Waals surface area contributed by atoms with Gasteiger partial charge in [0, 0.05) is 13.2 Å². The first-order valence-corrected chi connectivity index (χ1v) is 5.64. The quantitative estimate of drug-likeness (QED) is 0.745. The fraction of sp³-hybridized carbons (Fsp3) is 0.583. The van der Waals surface area contributed by atoms with Crippen LogP contribution in [0.5, 0.6) is 0 Å². The standard InChI is InChI=1S/C12H18N2O4/c1-12(2,3)18-11(16)9-5-6-10(15)14(13-9)7-8-17-4/h5-6H,7-8H2,1-4H3. The van der Waals surface area contributed by atoms with Crippen molar-refractivity contribution in [2.75, 3.05) is 13.7 Å². The third-order valence-corrected chi connectivity index (χ3v) is 1.98. The van der Waals surface area contributed by atoms with Gasteiger partial charge in [-0.15, -0.1) is 0 Å². The molecule has 0 spiro atoms. The summed E-state index contributed by atoms with van der Waals surface area (Å²) in [5, 5.41) is 3.94. The SMILES string of the molecule is COCCn1nc(C(=O)OC(C)(C)C)ccc1=O. The molecule has 0 atom stereocenters. The second-order valence-corrected chi connectivity index (χ2v) is 4.77. The molecule has 0 aromatic carbocycles. The lowest BCUT2D eigenvalue weighted by Crippen LogP contribution is -2.29. The number of hydrogen-bond donors (Lipinski definition) is 0. The summed E-state index contributed by atoms with van der Waals surface area (Å²) in [6, 6.07) is 2.65. The van der Waals surface area contributed by atoms with Crippen LogP contribution in [0.3, 0.4) is 0 Å². The van der Waals surface area contributed by atoms with E-state index in [1.165, 1.54) is 23.9 Å². The molecule has 1 aromatic heterocycles. The first kappa shape index (κ1) is 14.4. The predicted octanol–water partition coefficient (Wildman–Crippen LogP) is 0.845. The number of rotatable bonds is 4. The van der Waals surface area contributed by atoms with Gasteiger partial charge in [0.25, 0.3) is 5.56 Å². The highest BCUT2D eigenvalue weighted by atomic mass is 16.6. The molecule has 0 aliphatic carbocycles. The summed E-state index contributed by atoms with van der Waals surface area (Å²) in [5.74, 6) is -0.548. The Morgan fingerprint density at radius 2 is 2.06 bits per heavy atom. The van der Waals surface area contributed by atoms with Crippen LogP contribution in [0.1, 0.15) is 31.3 Å². The van der Waals surface area contributed by atoms with Gasteiger partial charge < -0.3 is 9.47 Å². The van der Waals surface area contributed by atoms with Crippen molar-refractivity contribution in [1.82, 2.24) is 9.78 Å². The largest absolute Gasteiger partial charge is 0.455 e. The van der Waals surface area contributed by atoms with Gasteiger partial charge in [-0.05, 0) is 26.8 Å². The van der Waals surface area contributed by atoms with E-state index in [0.29, 0.717) is 13.2 Å². The number of nitrogens with zero attached hydrogens (tertiary/aromatic N) is 2. The molecule has 0 saturated heterocycles. The third kappa shape index (κ3) is 4.29. The number of carbonyl (C=O) groups excluding carboxylic acids is 1. The van der Waals surface area contributed by atoms with Crippen LogP contribution < -0.4 is 5.56 Å². The molecule has 0 bridgehead atoms. The van der Waals surface area contributed by atoms with E-state index < -0.39 is 11.6 Å². The molecule has 0 N–H and O–H groups in total. The Balaban J connectivity index is 2.90. The lowest BCUT2D eigenvalue weighted by molar-refractivity contribution is 0.00595. The van der Waals surface area contributed by atoms with E-state index in [0.717, 1.165) is 0 Å². The van der Waals surface area contributed by atoms with Crippen molar-refractivity contribution in [2.24, 2.45) is 0 Å². The van der Waals surface area contributed by atoms with Crippen LogP contribution >= 0.6 is 0 Å². The number of aromatic nitrogens is 2. The molecular formula is C12H18N2O4. The fourth-order valence-electron chi connectivity index (χ4n) is 1.23. The summed E-state index contributed by atoms with van der Waals surface area (Å²) in [4.78, 5) is 23.2. The number of esters is 1. The Hall–Kier alpha value is -1.69. The Morgan fingerprint density at radius 3 is 2.61 bits per heavy atom. The topological polar surface area (TPSA) is 70.4 Å². The summed E-state index contributed by atoms with van der Waals surface area (Å²) in [7, 11) is 1.53. The third-order valence-electron chi connectivity index (χ3n) is 1.98. The van der Waals surface area contributed by atoms with E-state index in [1.807, 2.05) is 0 Å². The Kier molecular flexibility index (Phi) is 4.61. The van der Waals surface area contributed by atoms with Gasteiger partial charge in [0.05, 0.1) is 13.2 Å². The minimum absolute atomic E-state index is 0.112. The van der Waals surface area contributed by atoms with E-state index in [9.17, 15) is 9.59 Å². The number of carbonyl (C=O) groups is 1. The van der Waals surface area contributed by atoms with Crippen LogP contribution in [-0.2, 0) is 16.0 Å². The molecule has 6 nitrogen and oxygen atoms in total. The van der Waals surface area contributed by atoms with E-state index in [-0.39, 0.29) is 11.3 Å². The van der Waals surface area contributed by atoms with Crippen molar-refractivity contribution in [3.05, 3.63) is 28.2 Å². The summed E-state index contributed by atoms with van der Waals surface area (Å²) < 4.78 is 11.2. The van der Waals surface area contributed by atoms with Gasteiger partial charge in [-0.1, -0.05) is 0 Å². The zero-order valence-corrected chi connectivity index (χ0v) is 11.1. The summed E-state index contributed by atoms with van der Waals surface area (Å²) in [6.45, 7) is 5.96. The van der Waals surface area contributed by atoms with Crippen LogP contribution in [0.4, 0.5) is 0 Å². The van der Waals surface area contributed by atoms with E-state index in [2.05, 4.69) is 5.10 Å². The molecule has 1 rings (SSSR count). The summed E-state index contributed by atoms with van der Waals surface area (Å²) in [6.07, 6.45) is 0. The zero-order chi connectivity index (χ0) is 13.8. The first-order valence-electron chi connectivity index (χ1n) is 5.64. The minimum atomic E-state index is -0.591. The lowest BCUT2D eigenvalue weighted by Gasteiger charge is -2.19. The normalized spacial score (nSPS) is 11.3. The van der Waals surface area contributed by atoms with E-state index in [4.69, 9.17) is 9.47 Å². The van der Waals surface area contributed by atoms with Crippen LogP contribution in [0.15, 0.2) is 16.9 Å². The van der Waals surface area contributed by atoms with Gasteiger partial charge in [0.15, 0.2) is 5.69 Å². The van der Waals surface area contributed by atoms with Crippen molar-refractivity contribution in [3.8, 4) is 0 Å². The first-order chi connectivity index (χ1) is 8.33. The molecule has 6 heteroatoms. The predicted molar refractivity (Wildman–Crippen MR) is 65.5 cm³/mol. The molecule has 18 heavy (non-hydrogen) atoms. The Morgan fingerprint density at radius 1 is 1.39 bits per heavy atom. The monoisotopic (exact) mass is 254 g/mol. The highest BCUT2D eigenvalue weighted by Gasteiger charge is 2.19. The molecular weight excluding hydrogens is 236 g/mol. The molecule has 0 unspecified atom stereocenters. The number of ether oxygens (including phenoxy) is 2. The van der Waals surface area contributed by atoms with Gasteiger partial charge >= 0.3 is 5.97 Å². The maximum Gasteiger partial charge on any atom is 0.359 e.